The molecule has 3 rings (SSSR count). The van der Waals surface area contributed by atoms with Gasteiger partial charge in [0.15, 0.2) is 0 Å². The lowest BCUT2D eigenvalue weighted by molar-refractivity contribution is -0.137. The van der Waals surface area contributed by atoms with Crippen molar-refractivity contribution in [2.24, 2.45) is 11.8 Å². The zero-order chi connectivity index (χ0) is 28.5. The van der Waals surface area contributed by atoms with Gasteiger partial charge in [-0.1, -0.05) is 26.2 Å². The Bertz CT molecular complexity index is 933. The van der Waals surface area contributed by atoms with Crippen LogP contribution in [-0.2, 0) is 9.53 Å². The van der Waals surface area contributed by atoms with Gasteiger partial charge < -0.3 is 29.3 Å². The van der Waals surface area contributed by atoms with Crippen LogP contribution in [0.25, 0.3) is 0 Å². The molecule has 8 nitrogen and oxygen atoms in total. The average Bonchev–Trinajstić information content (AvgIpc) is 2.93. The lowest BCUT2D eigenvalue weighted by Crippen LogP contribution is -2.48. The Balaban J connectivity index is 1.89. The molecule has 0 unspecified atom stereocenters. The Kier molecular flexibility index (Phi) is 11.9. The minimum Gasteiger partial charge on any atom is -0.490 e. The number of benzene rings is 1. The van der Waals surface area contributed by atoms with Crippen molar-refractivity contribution < 1.29 is 24.2 Å². The van der Waals surface area contributed by atoms with E-state index in [0.717, 1.165) is 50.6 Å². The van der Waals surface area contributed by atoms with Crippen molar-refractivity contribution in [2.75, 3.05) is 52.3 Å². The van der Waals surface area contributed by atoms with Crippen molar-refractivity contribution in [1.29, 1.82) is 0 Å². The molecule has 1 saturated carbocycles. The monoisotopic (exact) mass is 545 g/mol. The summed E-state index contributed by atoms with van der Waals surface area (Å²) in [4.78, 5) is 32.9. The number of ether oxygens (including phenoxy) is 2. The fourth-order valence-corrected chi connectivity index (χ4v) is 5.67. The second-order valence-electron chi connectivity index (χ2n) is 11.9. The van der Waals surface area contributed by atoms with Crippen molar-refractivity contribution in [1.82, 2.24) is 9.80 Å². The summed E-state index contributed by atoms with van der Waals surface area (Å²) in [6.07, 6.45) is 7.83. The Hall–Kier alpha value is -2.32. The van der Waals surface area contributed by atoms with Gasteiger partial charge in [-0.25, -0.2) is 0 Å². The van der Waals surface area contributed by atoms with Crippen molar-refractivity contribution in [3.63, 3.8) is 0 Å². The first-order chi connectivity index (χ1) is 18.6. The van der Waals surface area contributed by atoms with Gasteiger partial charge in [-0.05, 0) is 64.2 Å². The third kappa shape index (κ3) is 8.58. The average molecular weight is 546 g/mol. The molecule has 2 aliphatic rings. The number of anilines is 1. The predicted octanol–water partition coefficient (Wildman–Crippen LogP) is 4.59. The lowest BCUT2D eigenvalue weighted by Gasteiger charge is -2.36. The van der Waals surface area contributed by atoms with Crippen LogP contribution in [0, 0.1) is 11.8 Å². The largest absolute Gasteiger partial charge is 0.490 e. The third-order valence-corrected chi connectivity index (χ3v) is 8.34. The SMILES string of the molecule is C[C@@H]1CN([C@@H](C)CO)C(=O)c2cc(N(C)C)ccc2O[C@@H](C)CCCCO[C@@H]1CN(C)C(=O)C1CCCCC1. The molecule has 1 aromatic rings. The quantitative estimate of drug-likeness (QED) is 0.563. The minimum absolute atomic E-state index is 0.0483. The maximum absolute atomic E-state index is 14.1. The normalized spacial score (nSPS) is 24.7. The summed E-state index contributed by atoms with van der Waals surface area (Å²) in [6.45, 7) is 7.32. The van der Waals surface area contributed by atoms with Crippen LogP contribution in [0.15, 0.2) is 18.2 Å². The fraction of sp³-hybridized carbons (Fsp3) is 0.742. The number of likely N-dealkylation sites (N-methyl/N-ethyl adjacent to an activating group) is 1. The third-order valence-electron chi connectivity index (χ3n) is 8.34. The van der Waals surface area contributed by atoms with E-state index in [0.29, 0.717) is 31.0 Å². The molecule has 1 heterocycles. The first-order valence-corrected chi connectivity index (χ1v) is 14.9. The second kappa shape index (κ2) is 14.9. The van der Waals surface area contributed by atoms with Crippen molar-refractivity contribution in [3.05, 3.63) is 23.8 Å². The standard InChI is InChI=1S/C31H51N3O5/c1-22-19-34(23(2)21-35)31(37)27-18-26(32(4)5)15-16-28(27)39-24(3)12-10-11-17-38-29(22)20-33(6)30(36)25-13-8-7-9-14-25/h15-16,18,22-25,29,35H,7-14,17,19-21H2,1-6H3/t22-,23+,24+,29-/m1/s1. The molecule has 1 aliphatic heterocycles. The molecule has 0 saturated heterocycles. The highest BCUT2D eigenvalue weighted by Gasteiger charge is 2.32. The predicted molar refractivity (Wildman–Crippen MR) is 155 cm³/mol. The molecule has 1 aromatic carbocycles. The maximum atomic E-state index is 14.1. The molecule has 4 atom stereocenters. The number of nitrogens with zero attached hydrogens (tertiary/aromatic N) is 3. The smallest absolute Gasteiger partial charge is 0.258 e. The lowest BCUT2D eigenvalue weighted by atomic mass is 9.88. The Morgan fingerprint density at radius 3 is 2.44 bits per heavy atom. The van der Waals surface area contributed by atoms with Gasteiger partial charge in [0.2, 0.25) is 5.91 Å². The Morgan fingerprint density at radius 1 is 1.08 bits per heavy atom. The van der Waals surface area contributed by atoms with Crippen LogP contribution < -0.4 is 9.64 Å². The zero-order valence-corrected chi connectivity index (χ0v) is 25.0. The van der Waals surface area contributed by atoms with E-state index >= 15 is 0 Å². The van der Waals surface area contributed by atoms with E-state index in [1.165, 1.54) is 6.42 Å². The molecule has 39 heavy (non-hydrogen) atoms. The van der Waals surface area contributed by atoms with Gasteiger partial charge in [0.1, 0.15) is 5.75 Å². The van der Waals surface area contributed by atoms with Crippen LogP contribution >= 0.6 is 0 Å². The van der Waals surface area contributed by atoms with Crippen LogP contribution in [0.1, 0.15) is 82.5 Å². The molecule has 8 heteroatoms. The molecular formula is C31H51N3O5. The zero-order valence-electron chi connectivity index (χ0n) is 25.0. The molecule has 1 aliphatic carbocycles. The van der Waals surface area contributed by atoms with E-state index in [9.17, 15) is 14.7 Å². The van der Waals surface area contributed by atoms with Crippen LogP contribution in [0.2, 0.25) is 0 Å². The molecule has 0 bridgehead atoms. The Morgan fingerprint density at radius 2 is 1.77 bits per heavy atom. The van der Waals surface area contributed by atoms with Gasteiger partial charge in [-0.15, -0.1) is 0 Å². The van der Waals surface area contributed by atoms with Crippen molar-refractivity contribution >= 4 is 17.5 Å². The summed E-state index contributed by atoms with van der Waals surface area (Å²) in [7, 11) is 5.78. The van der Waals surface area contributed by atoms with E-state index in [2.05, 4.69) is 6.92 Å². The van der Waals surface area contributed by atoms with E-state index in [4.69, 9.17) is 9.47 Å². The molecule has 1 N–H and O–H groups in total. The Labute approximate surface area is 235 Å². The van der Waals surface area contributed by atoms with Crippen molar-refractivity contribution in [3.8, 4) is 5.75 Å². The summed E-state index contributed by atoms with van der Waals surface area (Å²) in [5.74, 6) is 0.666. The number of hydrogen-bond acceptors (Lipinski definition) is 6. The highest BCUT2D eigenvalue weighted by Crippen LogP contribution is 2.30. The summed E-state index contributed by atoms with van der Waals surface area (Å²) < 4.78 is 12.7. The fourth-order valence-electron chi connectivity index (χ4n) is 5.67. The van der Waals surface area contributed by atoms with E-state index < -0.39 is 0 Å². The van der Waals surface area contributed by atoms with Crippen LogP contribution in [0.3, 0.4) is 0 Å². The van der Waals surface area contributed by atoms with Gasteiger partial charge in [-0.2, -0.15) is 0 Å². The molecule has 2 amide bonds. The number of rotatable bonds is 6. The first-order valence-electron chi connectivity index (χ1n) is 14.9. The van der Waals surface area contributed by atoms with Gasteiger partial charge in [0.05, 0.1) is 30.4 Å². The number of fused-ring (bicyclic) bond motifs is 1. The van der Waals surface area contributed by atoms with E-state index in [1.54, 1.807) is 4.90 Å². The second-order valence-corrected chi connectivity index (χ2v) is 11.9. The van der Waals surface area contributed by atoms with E-state index in [-0.39, 0.29) is 48.5 Å². The highest BCUT2D eigenvalue weighted by molar-refractivity contribution is 5.98. The topological polar surface area (TPSA) is 82.6 Å². The van der Waals surface area contributed by atoms with E-state index in [1.807, 2.05) is 63.0 Å². The molecule has 0 radical (unpaired) electrons. The number of aliphatic hydroxyl groups excluding tert-OH is 1. The number of carbonyl (C=O) groups excluding carboxylic acids is 2. The summed E-state index contributed by atoms with van der Waals surface area (Å²) in [5, 5.41) is 10.1. The molecule has 220 valence electrons. The van der Waals surface area contributed by atoms with Crippen LogP contribution in [0.4, 0.5) is 5.69 Å². The molecule has 0 spiro atoms. The van der Waals surface area contributed by atoms with Gasteiger partial charge in [0, 0.05) is 58.4 Å². The van der Waals surface area contributed by atoms with Gasteiger partial charge in [-0.3, -0.25) is 9.59 Å². The number of amides is 2. The molecule has 1 fully saturated rings. The molecule has 0 aromatic heterocycles. The van der Waals surface area contributed by atoms with Crippen molar-refractivity contribution in [2.45, 2.75) is 90.4 Å². The first kappa shape index (κ1) is 31.2. The minimum atomic E-state index is -0.386. The van der Waals surface area contributed by atoms with Gasteiger partial charge >= 0.3 is 0 Å². The van der Waals surface area contributed by atoms with Crippen LogP contribution in [0.5, 0.6) is 5.75 Å². The maximum Gasteiger partial charge on any atom is 0.258 e. The van der Waals surface area contributed by atoms with Crippen LogP contribution in [-0.4, -0.2) is 92.4 Å². The summed E-state index contributed by atoms with van der Waals surface area (Å²) in [6, 6.07) is 5.34. The summed E-state index contributed by atoms with van der Waals surface area (Å²) in [5.41, 5.74) is 1.41. The number of aliphatic hydroxyl groups is 1. The van der Waals surface area contributed by atoms with Gasteiger partial charge in [0.25, 0.3) is 5.91 Å². The molecular weight excluding hydrogens is 494 g/mol. The summed E-state index contributed by atoms with van der Waals surface area (Å²) >= 11 is 0. The number of hydrogen-bond donors (Lipinski definition) is 1. The number of carbonyl (C=O) groups is 2. The highest BCUT2D eigenvalue weighted by atomic mass is 16.5.